The second-order valence-corrected chi connectivity index (χ2v) is 8.37. The fourth-order valence-electron chi connectivity index (χ4n) is 5.14. The molecular weight excluding hydrogens is 441 g/mol. The Hall–Kier alpha value is -0.120. The number of halogens is 1. The van der Waals surface area contributed by atoms with E-state index in [1.165, 1.54) is 58.4 Å². The first-order valence-corrected chi connectivity index (χ1v) is 10.4. The molecule has 0 radical (unpaired) electrons. The second kappa shape index (κ2) is 9.39. The van der Waals surface area contributed by atoms with E-state index in [2.05, 4.69) is 26.9 Å². The Kier molecular flexibility index (Phi) is 7.44. The van der Waals surface area contributed by atoms with Crippen LogP contribution in [0.3, 0.4) is 0 Å². The molecule has 26 heavy (non-hydrogen) atoms. The van der Waals surface area contributed by atoms with Gasteiger partial charge >= 0.3 is 0 Å². The van der Waals surface area contributed by atoms with E-state index >= 15 is 0 Å². The Labute approximate surface area is 175 Å². The molecule has 1 spiro atoms. The SMILES string of the molecule is CCNC(=NCC1CN2CCN1CC2)N1CCCC2(CCCOC2)C1.I. The minimum absolute atomic E-state index is 0. The smallest absolute Gasteiger partial charge is 0.193 e. The van der Waals surface area contributed by atoms with Gasteiger partial charge in [0.25, 0.3) is 0 Å². The Morgan fingerprint density at radius 3 is 2.62 bits per heavy atom. The fourth-order valence-corrected chi connectivity index (χ4v) is 5.14. The number of guanidine groups is 1. The van der Waals surface area contributed by atoms with Crippen LogP contribution in [-0.2, 0) is 4.74 Å². The third-order valence-corrected chi connectivity index (χ3v) is 6.54. The van der Waals surface area contributed by atoms with Gasteiger partial charge in [0.05, 0.1) is 13.2 Å². The van der Waals surface area contributed by atoms with E-state index in [1.807, 2.05) is 0 Å². The number of ether oxygens (including phenoxy) is 1. The van der Waals surface area contributed by atoms with Crippen LogP contribution < -0.4 is 5.32 Å². The summed E-state index contributed by atoms with van der Waals surface area (Å²) in [6.45, 7) is 14.3. The summed E-state index contributed by atoms with van der Waals surface area (Å²) in [5.74, 6) is 1.13. The predicted octanol–water partition coefficient (Wildman–Crippen LogP) is 1.46. The van der Waals surface area contributed by atoms with E-state index in [0.29, 0.717) is 11.5 Å². The summed E-state index contributed by atoms with van der Waals surface area (Å²) >= 11 is 0. The van der Waals surface area contributed by atoms with Crippen LogP contribution in [0.25, 0.3) is 0 Å². The molecule has 5 aliphatic rings. The molecule has 5 heterocycles. The zero-order chi connectivity index (χ0) is 17.1. The molecule has 0 aromatic heterocycles. The third kappa shape index (κ3) is 4.64. The van der Waals surface area contributed by atoms with Gasteiger partial charge in [-0.05, 0) is 32.6 Å². The molecule has 0 saturated carbocycles. The zero-order valence-electron chi connectivity index (χ0n) is 16.3. The molecule has 0 aromatic rings. The van der Waals surface area contributed by atoms with E-state index < -0.39 is 0 Å². The molecule has 5 rings (SSSR count). The lowest BCUT2D eigenvalue weighted by atomic mass is 9.76. The van der Waals surface area contributed by atoms with E-state index in [4.69, 9.17) is 9.73 Å². The summed E-state index contributed by atoms with van der Waals surface area (Å²) in [6.07, 6.45) is 5.11. The molecule has 5 saturated heterocycles. The molecule has 0 aliphatic carbocycles. The third-order valence-electron chi connectivity index (χ3n) is 6.54. The number of rotatable bonds is 3. The first-order valence-electron chi connectivity index (χ1n) is 10.4. The number of hydrogen-bond acceptors (Lipinski definition) is 4. The van der Waals surface area contributed by atoms with Crippen molar-refractivity contribution in [3.63, 3.8) is 0 Å². The normalized spacial score (nSPS) is 37.5. The lowest BCUT2D eigenvalue weighted by Gasteiger charge is -2.47. The van der Waals surface area contributed by atoms with Crippen LogP contribution >= 0.6 is 24.0 Å². The summed E-state index contributed by atoms with van der Waals surface area (Å²) in [7, 11) is 0. The number of fused-ring (bicyclic) bond motifs is 3. The van der Waals surface area contributed by atoms with Crippen molar-refractivity contribution in [2.75, 3.05) is 72.1 Å². The van der Waals surface area contributed by atoms with Gasteiger partial charge in [-0.25, -0.2) is 0 Å². The summed E-state index contributed by atoms with van der Waals surface area (Å²) in [5.41, 5.74) is 0.367. The quantitative estimate of drug-likeness (QED) is 0.379. The van der Waals surface area contributed by atoms with Crippen LogP contribution in [0.4, 0.5) is 0 Å². The first-order chi connectivity index (χ1) is 12.3. The zero-order valence-corrected chi connectivity index (χ0v) is 18.6. The maximum atomic E-state index is 5.84. The van der Waals surface area contributed by atoms with Gasteiger partial charge in [0.1, 0.15) is 0 Å². The van der Waals surface area contributed by atoms with Crippen molar-refractivity contribution < 1.29 is 4.74 Å². The largest absolute Gasteiger partial charge is 0.381 e. The molecule has 2 bridgehead atoms. The summed E-state index contributed by atoms with van der Waals surface area (Å²) < 4.78 is 5.84. The van der Waals surface area contributed by atoms with Crippen molar-refractivity contribution in [3.8, 4) is 0 Å². The topological polar surface area (TPSA) is 43.3 Å². The molecule has 2 unspecified atom stereocenters. The van der Waals surface area contributed by atoms with Crippen LogP contribution in [0.5, 0.6) is 0 Å². The highest BCUT2D eigenvalue weighted by Crippen LogP contribution is 2.37. The van der Waals surface area contributed by atoms with E-state index in [0.717, 1.165) is 45.4 Å². The highest BCUT2D eigenvalue weighted by Gasteiger charge is 2.38. The standard InChI is InChI=1S/C19H35N5O.HI/c1-2-20-18(21-13-17-14-22-8-10-23(17)11-9-22)24-7-3-5-19(15-24)6-4-12-25-16-19;/h17H,2-16H2,1H3,(H,20,21);1H. The van der Waals surface area contributed by atoms with Crippen LogP contribution in [0, 0.1) is 5.41 Å². The molecule has 6 nitrogen and oxygen atoms in total. The number of piperidine rings is 1. The molecule has 2 atom stereocenters. The lowest BCUT2D eigenvalue weighted by Crippen LogP contribution is -2.62. The Balaban J connectivity index is 0.00000196. The Morgan fingerprint density at radius 2 is 1.96 bits per heavy atom. The van der Waals surface area contributed by atoms with Gasteiger partial charge in [-0.15, -0.1) is 24.0 Å². The monoisotopic (exact) mass is 477 g/mol. The summed E-state index contributed by atoms with van der Waals surface area (Å²) in [5, 5.41) is 3.56. The predicted molar refractivity (Wildman–Crippen MR) is 116 cm³/mol. The first kappa shape index (κ1) is 20.6. The van der Waals surface area contributed by atoms with E-state index in [-0.39, 0.29) is 24.0 Å². The number of likely N-dealkylation sites (tertiary alicyclic amines) is 1. The average Bonchev–Trinajstić information content (AvgIpc) is 2.67. The van der Waals surface area contributed by atoms with Crippen LogP contribution in [0.15, 0.2) is 4.99 Å². The average molecular weight is 477 g/mol. The van der Waals surface area contributed by atoms with Gasteiger partial charge in [-0.1, -0.05) is 0 Å². The molecule has 1 N–H and O–H groups in total. The fraction of sp³-hybridized carbons (Fsp3) is 0.947. The molecule has 0 aromatic carbocycles. The minimum atomic E-state index is 0. The molecule has 0 amide bonds. The van der Waals surface area contributed by atoms with Gasteiger partial charge in [-0.2, -0.15) is 0 Å². The van der Waals surface area contributed by atoms with Crippen molar-refractivity contribution in [3.05, 3.63) is 0 Å². The second-order valence-electron chi connectivity index (χ2n) is 8.37. The Bertz CT molecular complexity index is 469. The molecule has 7 heteroatoms. The molecule has 5 fully saturated rings. The lowest BCUT2D eigenvalue weighted by molar-refractivity contribution is -0.0371. The summed E-state index contributed by atoms with van der Waals surface area (Å²) in [4.78, 5) is 12.8. The highest BCUT2D eigenvalue weighted by atomic mass is 127. The van der Waals surface area contributed by atoms with Crippen LogP contribution in [0.2, 0.25) is 0 Å². The van der Waals surface area contributed by atoms with Crippen molar-refractivity contribution >= 4 is 29.9 Å². The van der Waals surface area contributed by atoms with Crippen molar-refractivity contribution in [2.45, 2.75) is 38.6 Å². The molecular formula is C19H36IN5O. The van der Waals surface area contributed by atoms with E-state index in [9.17, 15) is 0 Å². The van der Waals surface area contributed by atoms with E-state index in [1.54, 1.807) is 0 Å². The number of nitrogens with one attached hydrogen (secondary N) is 1. The van der Waals surface area contributed by atoms with Crippen molar-refractivity contribution in [1.29, 1.82) is 0 Å². The molecule has 150 valence electrons. The van der Waals surface area contributed by atoms with Gasteiger partial charge in [0, 0.05) is 70.4 Å². The Morgan fingerprint density at radius 1 is 1.15 bits per heavy atom. The van der Waals surface area contributed by atoms with Crippen molar-refractivity contribution in [1.82, 2.24) is 20.0 Å². The van der Waals surface area contributed by atoms with Crippen LogP contribution in [-0.4, -0.2) is 98.8 Å². The van der Waals surface area contributed by atoms with Crippen molar-refractivity contribution in [2.24, 2.45) is 10.4 Å². The van der Waals surface area contributed by atoms with Gasteiger partial charge in [-0.3, -0.25) is 14.8 Å². The highest BCUT2D eigenvalue weighted by molar-refractivity contribution is 14.0. The number of aliphatic imine (C=N–C) groups is 1. The van der Waals surface area contributed by atoms with Crippen LogP contribution in [0.1, 0.15) is 32.6 Å². The van der Waals surface area contributed by atoms with Gasteiger partial charge in [0.15, 0.2) is 5.96 Å². The number of piperazine rings is 3. The molecule has 5 aliphatic heterocycles. The maximum absolute atomic E-state index is 5.84. The maximum Gasteiger partial charge on any atom is 0.193 e. The van der Waals surface area contributed by atoms with Gasteiger partial charge in [0.2, 0.25) is 0 Å². The van der Waals surface area contributed by atoms with Gasteiger partial charge < -0.3 is 15.0 Å². The number of hydrogen-bond donors (Lipinski definition) is 1. The summed E-state index contributed by atoms with van der Waals surface area (Å²) in [6, 6.07) is 0.605. The minimum Gasteiger partial charge on any atom is -0.381 e. The number of nitrogens with zero attached hydrogens (tertiary/aromatic N) is 4.